The molecule has 0 fully saturated rings. The zero-order valence-electron chi connectivity index (χ0n) is 8.55. The molecule has 3 nitrogen and oxygen atoms in total. The third-order valence-electron chi connectivity index (χ3n) is 2.22. The zero-order chi connectivity index (χ0) is 13.6. The minimum atomic E-state index is -5.64. The summed E-state index contributed by atoms with van der Waals surface area (Å²) in [6.45, 7) is -1.63. The monoisotopic (exact) mass is 285 g/mol. The van der Waals surface area contributed by atoms with Gasteiger partial charge in [-0.3, -0.25) is 0 Å². The van der Waals surface area contributed by atoms with E-state index in [9.17, 15) is 22.0 Å². The average Bonchev–Trinajstić information content (AvgIpc) is 2.59. The van der Waals surface area contributed by atoms with E-state index in [1.165, 1.54) is 12.1 Å². The van der Waals surface area contributed by atoms with E-state index >= 15 is 0 Å². The Labute approximate surface area is 102 Å². The molecule has 2 rings (SSSR count). The first-order valence-corrected chi connectivity index (χ1v) is 5.01. The molecule has 2 aromatic rings. The van der Waals surface area contributed by atoms with E-state index in [1.807, 2.05) is 0 Å². The smallest absolute Gasteiger partial charge is 0.241 e. The number of rotatable bonds is 2. The van der Waals surface area contributed by atoms with Crippen LogP contribution in [-0.4, -0.2) is 26.9 Å². The second-order valence-electron chi connectivity index (χ2n) is 3.55. The van der Waals surface area contributed by atoms with E-state index < -0.39 is 18.6 Å². The van der Waals surface area contributed by atoms with Gasteiger partial charge in [0.05, 0.1) is 6.20 Å². The Hall–Kier alpha value is -1.44. The van der Waals surface area contributed by atoms with Crippen LogP contribution in [-0.2, 0) is 6.54 Å². The summed E-state index contributed by atoms with van der Waals surface area (Å²) in [5.74, 6) is -4.88. The molecule has 0 amide bonds. The van der Waals surface area contributed by atoms with Gasteiger partial charge in [0.1, 0.15) is 11.7 Å². The van der Waals surface area contributed by atoms with Crippen molar-refractivity contribution in [3.63, 3.8) is 0 Å². The molecule has 0 bridgehead atoms. The molecule has 2 heterocycles. The van der Waals surface area contributed by atoms with Gasteiger partial charge < -0.3 is 0 Å². The van der Waals surface area contributed by atoms with Crippen LogP contribution in [0.5, 0.6) is 0 Å². The standard InChI is InChI=1S/C9H5ClF5N3/c10-6-2-1-5-3-16-18(7(5)17-6)4-8(11,12)9(13,14)15/h1-3H,4H2. The maximum atomic E-state index is 12.9. The fraction of sp³-hybridized carbons (Fsp3) is 0.333. The average molecular weight is 286 g/mol. The highest BCUT2D eigenvalue weighted by atomic mass is 35.5. The van der Waals surface area contributed by atoms with Crippen molar-refractivity contribution >= 4 is 22.6 Å². The molecule has 0 spiro atoms. The molecule has 0 aromatic carbocycles. The van der Waals surface area contributed by atoms with Crippen LogP contribution in [0.4, 0.5) is 22.0 Å². The maximum absolute atomic E-state index is 12.9. The Morgan fingerprint density at radius 1 is 1.17 bits per heavy atom. The molecule has 0 saturated carbocycles. The largest absolute Gasteiger partial charge is 0.455 e. The maximum Gasteiger partial charge on any atom is 0.455 e. The van der Waals surface area contributed by atoms with Crippen molar-refractivity contribution in [2.75, 3.05) is 0 Å². The van der Waals surface area contributed by atoms with Crippen LogP contribution in [0.1, 0.15) is 0 Å². The summed E-state index contributed by atoms with van der Waals surface area (Å²) in [5, 5.41) is 3.77. The minimum Gasteiger partial charge on any atom is -0.241 e. The molecule has 2 aromatic heterocycles. The molecule has 0 aliphatic heterocycles. The second-order valence-corrected chi connectivity index (χ2v) is 3.94. The van der Waals surface area contributed by atoms with Crippen LogP contribution >= 0.6 is 11.6 Å². The van der Waals surface area contributed by atoms with Crippen molar-refractivity contribution in [1.29, 1.82) is 0 Å². The number of alkyl halides is 5. The first kappa shape index (κ1) is 13.0. The van der Waals surface area contributed by atoms with E-state index in [0.29, 0.717) is 10.1 Å². The van der Waals surface area contributed by atoms with E-state index in [2.05, 4.69) is 10.1 Å². The highest BCUT2D eigenvalue weighted by molar-refractivity contribution is 6.29. The minimum absolute atomic E-state index is 0.0143. The summed E-state index contributed by atoms with van der Waals surface area (Å²) >= 11 is 5.55. The van der Waals surface area contributed by atoms with Gasteiger partial charge in [0.25, 0.3) is 0 Å². The third kappa shape index (κ3) is 2.24. The van der Waals surface area contributed by atoms with Crippen LogP contribution in [0.3, 0.4) is 0 Å². The Morgan fingerprint density at radius 3 is 2.44 bits per heavy atom. The van der Waals surface area contributed by atoms with Crippen LogP contribution in [0.2, 0.25) is 5.15 Å². The highest BCUT2D eigenvalue weighted by Crippen LogP contribution is 2.37. The summed E-state index contributed by atoms with van der Waals surface area (Å²) in [5.41, 5.74) is -0.119. The summed E-state index contributed by atoms with van der Waals surface area (Å²) in [4.78, 5) is 3.67. The quantitative estimate of drug-likeness (QED) is 0.626. The molecule has 18 heavy (non-hydrogen) atoms. The van der Waals surface area contributed by atoms with Crippen molar-refractivity contribution in [1.82, 2.24) is 14.8 Å². The van der Waals surface area contributed by atoms with Gasteiger partial charge in [-0.15, -0.1) is 0 Å². The lowest BCUT2D eigenvalue weighted by Crippen LogP contribution is -2.40. The van der Waals surface area contributed by atoms with Gasteiger partial charge >= 0.3 is 12.1 Å². The Balaban J connectivity index is 2.41. The molecule has 9 heteroatoms. The van der Waals surface area contributed by atoms with Crippen molar-refractivity contribution in [3.8, 4) is 0 Å². The van der Waals surface area contributed by atoms with E-state index in [4.69, 9.17) is 11.6 Å². The van der Waals surface area contributed by atoms with Crippen LogP contribution in [0.25, 0.3) is 11.0 Å². The number of pyridine rings is 1. The number of hydrogen-bond donors (Lipinski definition) is 0. The van der Waals surface area contributed by atoms with Crippen LogP contribution < -0.4 is 0 Å². The molecule has 0 aliphatic carbocycles. The Kier molecular flexibility index (Phi) is 2.92. The molecule has 0 saturated heterocycles. The summed E-state index contributed by atoms with van der Waals surface area (Å²) in [6.07, 6.45) is -4.49. The van der Waals surface area contributed by atoms with Gasteiger partial charge in [0, 0.05) is 5.39 Å². The zero-order valence-corrected chi connectivity index (χ0v) is 9.30. The Bertz CT molecular complexity index is 577. The van der Waals surface area contributed by atoms with Crippen LogP contribution in [0, 0.1) is 0 Å². The molecular weight excluding hydrogens is 281 g/mol. The lowest BCUT2D eigenvalue weighted by molar-refractivity contribution is -0.287. The van der Waals surface area contributed by atoms with Crippen LogP contribution in [0.15, 0.2) is 18.3 Å². The molecular formula is C9H5ClF5N3. The molecule has 0 unspecified atom stereocenters. The fourth-order valence-corrected chi connectivity index (χ4v) is 1.47. The van der Waals surface area contributed by atoms with Gasteiger partial charge in [0.2, 0.25) is 0 Å². The predicted molar refractivity (Wildman–Crippen MR) is 53.5 cm³/mol. The molecule has 98 valence electrons. The fourth-order valence-electron chi connectivity index (χ4n) is 1.32. The summed E-state index contributed by atoms with van der Waals surface area (Å²) in [6, 6.07) is 2.82. The van der Waals surface area contributed by atoms with E-state index in [1.54, 1.807) is 0 Å². The predicted octanol–water partition coefficient (Wildman–Crippen LogP) is 3.28. The number of aromatic nitrogens is 3. The summed E-state index contributed by atoms with van der Waals surface area (Å²) in [7, 11) is 0. The lowest BCUT2D eigenvalue weighted by atomic mass is 10.3. The van der Waals surface area contributed by atoms with Crippen molar-refractivity contribution in [2.45, 2.75) is 18.6 Å². The SMILES string of the molecule is FC(F)(F)C(F)(F)Cn1ncc2ccc(Cl)nc21. The summed E-state index contributed by atoms with van der Waals surface area (Å²) < 4.78 is 62.4. The Morgan fingerprint density at radius 2 is 1.83 bits per heavy atom. The highest BCUT2D eigenvalue weighted by Gasteiger charge is 2.57. The van der Waals surface area contributed by atoms with Gasteiger partial charge in [-0.2, -0.15) is 27.1 Å². The van der Waals surface area contributed by atoms with Crippen molar-refractivity contribution in [2.24, 2.45) is 0 Å². The molecule has 0 aliphatic rings. The first-order chi connectivity index (χ1) is 8.21. The van der Waals surface area contributed by atoms with Gasteiger partial charge in [-0.25, -0.2) is 9.67 Å². The number of halogens is 6. The van der Waals surface area contributed by atoms with Crippen molar-refractivity contribution < 1.29 is 22.0 Å². The van der Waals surface area contributed by atoms with Gasteiger partial charge in [-0.1, -0.05) is 11.6 Å². The topological polar surface area (TPSA) is 30.7 Å². The number of hydrogen-bond acceptors (Lipinski definition) is 2. The van der Waals surface area contributed by atoms with Crippen molar-refractivity contribution in [3.05, 3.63) is 23.5 Å². The van der Waals surface area contributed by atoms with E-state index in [-0.39, 0.29) is 10.8 Å². The van der Waals surface area contributed by atoms with Gasteiger partial charge in [0.15, 0.2) is 5.65 Å². The van der Waals surface area contributed by atoms with E-state index in [0.717, 1.165) is 6.20 Å². The molecule has 0 atom stereocenters. The normalized spacial score (nSPS) is 13.2. The lowest BCUT2D eigenvalue weighted by Gasteiger charge is -2.19. The second kappa shape index (κ2) is 4.04. The number of nitrogens with zero attached hydrogens (tertiary/aromatic N) is 3. The third-order valence-corrected chi connectivity index (χ3v) is 2.43. The molecule has 0 N–H and O–H groups in total. The first-order valence-electron chi connectivity index (χ1n) is 4.63. The molecule has 0 radical (unpaired) electrons. The number of fused-ring (bicyclic) bond motifs is 1. The van der Waals surface area contributed by atoms with Gasteiger partial charge in [-0.05, 0) is 12.1 Å².